The Bertz CT molecular complexity index is 466. The molecule has 1 saturated carbocycles. The highest BCUT2D eigenvalue weighted by Gasteiger charge is 2.24. The van der Waals surface area contributed by atoms with Gasteiger partial charge in [0.25, 0.3) is 0 Å². The fourth-order valence-corrected chi connectivity index (χ4v) is 2.77. The van der Waals surface area contributed by atoms with Crippen molar-refractivity contribution in [3.8, 4) is 0 Å². The number of rotatable bonds is 4. The van der Waals surface area contributed by atoms with Crippen LogP contribution in [-0.2, 0) is 11.3 Å². The maximum absolute atomic E-state index is 12.0. The lowest BCUT2D eigenvalue weighted by molar-refractivity contribution is -0.390. The lowest BCUT2D eigenvalue weighted by Crippen LogP contribution is -2.22. The summed E-state index contributed by atoms with van der Waals surface area (Å²) in [5.41, 5.74) is 0. The van der Waals surface area contributed by atoms with E-state index in [4.69, 9.17) is 0 Å². The van der Waals surface area contributed by atoms with Crippen molar-refractivity contribution in [2.75, 3.05) is 0 Å². The molecule has 0 spiro atoms. The van der Waals surface area contributed by atoms with Crippen molar-refractivity contribution in [3.05, 3.63) is 20.8 Å². The van der Waals surface area contributed by atoms with E-state index in [1.54, 1.807) is 0 Å². The highest BCUT2D eigenvalue weighted by atomic mass is 79.9. The Kier molecular flexibility index (Phi) is 4.11. The van der Waals surface area contributed by atoms with Crippen LogP contribution < -0.4 is 0 Å². The van der Waals surface area contributed by atoms with E-state index < -0.39 is 4.92 Å². The normalized spacial score (nSPS) is 16.7. The summed E-state index contributed by atoms with van der Waals surface area (Å²) in [7, 11) is 0. The molecule has 0 aliphatic heterocycles. The second-order valence-electron chi connectivity index (χ2n) is 4.56. The largest absolute Gasteiger partial charge is 0.404 e. The monoisotopic (exact) mass is 315 g/mol. The Morgan fingerprint density at radius 1 is 1.50 bits per heavy atom. The molecule has 98 valence electrons. The van der Waals surface area contributed by atoms with Gasteiger partial charge in [-0.05, 0) is 33.7 Å². The van der Waals surface area contributed by atoms with E-state index in [1.807, 2.05) is 0 Å². The number of nitro groups is 1. The van der Waals surface area contributed by atoms with Gasteiger partial charge in [-0.3, -0.25) is 4.79 Å². The topological polar surface area (TPSA) is 78.0 Å². The fraction of sp³-hybridized carbons (Fsp3) is 0.636. The summed E-state index contributed by atoms with van der Waals surface area (Å²) < 4.78 is 1.66. The molecule has 0 bridgehead atoms. The standard InChI is InChI=1S/C11H14BrN3O3/c12-9-6-14(13-11(9)15(17)18)7-10(16)8-4-2-1-3-5-8/h6,8H,1-5,7H2. The van der Waals surface area contributed by atoms with Crippen molar-refractivity contribution >= 4 is 27.5 Å². The minimum atomic E-state index is -0.564. The van der Waals surface area contributed by atoms with Gasteiger partial charge in [0.2, 0.25) is 0 Å². The van der Waals surface area contributed by atoms with Crippen molar-refractivity contribution in [1.29, 1.82) is 0 Å². The number of ketones is 1. The predicted molar refractivity (Wildman–Crippen MR) is 68.2 cm³/mol. The van der Waals surface area contributed by atoms with E-state index in [0.29, 0.717) is 4.47 Å². The van der Waals surface area contributed by atoms with Crippen LogP contribution in [0.4, 0.5) is 5.82 Å². The first-order valence-corrected chi connectivity index (χ1v) is 6.77. The summed E-state index contributed by atoms with van der Waals surface area (Å²) >= 11 is 3.07. The second kappa shape index (κ2) is 5.60. The van der Waals surface area contributed by atoms with Crippen LogP contribution in [0.3, 0.4) is 0 Å². The molecule has 0 atom stereocenters. The number of aromatic nitrogens is 2. The van der Waals surface area contributed by atoms with E-state index in [1.165, 1.54) is 17.3 Å². The highest BCUT2D eigenvalue weighted by molar-refractivity contribution is 9.10. The van der Waals surface area contributed by atoms with Crippen LogP contribution in [0, 0.1) is 16.0 Å². The van der Waals surface area contributed by atoms with Gasteiger partial charge in [0, 0.05) is 5.92 Å². The Balaban J connectivity index is 2.02. The number of hydrogen-bond acceptors (Lipinski definition) is 4. The summed E-state index contributed by atoms with van der Waals surface area (Å²) in [5.74, 6) is -0.0215. The zero-order valence-electron chi connectivity index (χ0n) is 9.84. The van der Waals surface area contributed by atoms with Gasteiger partial charge in [0.15, 0.2) is 5.78 Å². The molecule has 0 radical (unpaired) electrons. The summed E-state index contributed by atoms with van der Waals surface area (Å²) in [4.78, 5) is 22.1. The summed E-state index contributed by atoms with van der Waals surface area (Å²) in [5, 5.41) is 14.4. The SMILES string of the molecule is O=C(Cn1cc(Br)c([N+](=O)[O-])n1)C1CCCCC1. The van der Waals surface area contributed by atoms with E-state index in [0.717, 1.165) is 25.7 Å². The molecule has 6 nitrogen and oxygen atoms in total. The first-order valence-electron chi connectivity index (χ1n) is 5.98. The van der Waals surface area contributed by atoms with E-state index in [9.17, 15) is 14.9 Å². The summed E-state index contributed by atoms with van der Waals surface area (Å²) in [6, 6.07) is 0. The smallest absolute Gasteiger partial charge is 0.358 e. The number of hydrogen-bond donors (Lipinski definition) is 0. The van der Waals surface area contributed by atoms with E-state index in [-0.39, 0.29) is 24.1 Å². The maximum atomic E-state index is 12.0. The van der Waals surface area contributed by atoms with Crippen molar-refractivity contribution < 1.29 is 9.72 Å². The van der Waals surface area contributed by atoms with Crippen LogP contribution in [0.1, 0.15) is 32.1 Å². The van der Waals surface area contributed by atoms with Crippen molar-refractivity contribution in [1.82, 2.24) is 9.78 Å². The quantitative estimate of drug-likeness (QED) is 0.632. The Labute approximate surface area is 113 Å². The number of carbonyl (C=O) groups excluding carboxylic acids is 1. The zero-order chi connectivity index (χ0) is 13.1. The average Bonchev–Trinajstić information content (AvgIpc) is 2.71. The van der Waals surface area contributed by atoms with Crippen molar-refractivity contribution in [2.24, 2.45) is 5.92 Å². The Morgan fingerprint density at radius 2 is 2.17 bits per heavy atom. The molecule has 0 saturated heterocycles. The molecule has 1 aromatic heterocycles. The minimum Gasteiger partial charge on any atom is -0.358 e. The highest BCUT2D eigenvalue weighted by Crippen LogP contribution is 2.26. The summed E-state index contributed by atoms with van der Waals surface area (Å²) in [6.07, 6.45) is 6.74. The van der Waals surface area contributed by atoms with Gasteiger partial charge in [0.05, 0.1) is 11.3 Å². The fourth-order valence-electron chi connectivity index (χ4n) is 2.30. The van der Waals surface area contributed by atoms with Gasteiger partial charge in [0.1, 0.15) is 11.0 Å². The molecule has 2 rings (SSSR count). The average molecular weight is 316 g/mol. The van der Waals surface area contributed by atoms with Gasteiger partial charge in [-0.25, -0.2) is 0 Å². The molecule has 0 amide bonds. The molecular formula is C11H14BrN3O3. The van der Waals surface area contributed by atoms with Crippen LogP contribution >= 0.6 is 15.9 Å². The molecule has 1 aliphatic carbocycles. The van der Waals surface area contributed by atoms with Gasteiger partial charge in [-0.15, -0.1) is 0 Å². The van der Waals surface area contributed by atoms with Gasteiger partial charge < -0.3 is 10.1 Å². The molecular weight excluding hydrogens is 302 g/mol. The third-order valence-corrected chi connectivity index (χ3v) is 3.81. The maximum Gasteiger partial charge on any atom is 0.404 e. The lowest BCUT2D eigenvalue weighted by atomic mass is 9.86. The molecule has 0 aromatic carbocycles. The van der Waals surface area contributed by atoms with Crippen LogP contribution in [0.25, 0.3) is 0 Å². The molecule has 1 heterocycles. The minimum absolute atomic E-state index is 0.0979. The van der Waals surface area contributed by atoms with Gasteiger partial charge in [-0.1, -0.05) is 19.3 Å². The Hall–Kier alpha value is -1.24. The van der Waals surface area contributed by atoms with Crippen molar-refractivity contribution in [2.45, 2.75) is 38.6 Å². The molecule has 1 aliphatic rings. The van der Waals surface area contributed by atoms with Crippen LogP contribution in [-0.4, -0.2) is 20.5 Å². The molecule has 1 aromatic rings. The first kappa shape index (κ1) is 13.2. The Morgan fingerprint density at radius 3 is 2.72 bits per heavy atom. The third kappa shape index (κ3) is 2.95. The van der Waals surface area contributed by atoms with Crippen molar-refractivity contribution in [3.63, 3.8) is 0 Å². The van der Waals surface area contributed by atoms with Crippen LogP contribution in [0.2, 0.25) is 0 Å². The first-order chi connectivity index (χ1) is 8.58. The second-order valence-corrected chi connectivity index (χ2v) is 5.41. The zero-order valence-corrected chi connectivity index (χ0v) is 11.4. The lowest BCUT2D eigenvalue weighted by Gasteiger charge is -2.19. The van der Waals surface area contributed by atoms with E-state index in [2.05, 4.69) is 21.0 Å². The summed E-state index contributed by atoms with van der Waals surface area (Å²) in [6.45, 7) is 0.122. The third-order valence-electron chi connectivity index (χ3n) is 3.25. The molecule has 18 heavy (non-hydrogen) atoms. The molecule has 7 heteroatoms. The van der Waals surface area contributed by atoms with Crippen LogP contribution in [0.15, 0.2) is 10.7 Å². The molecule has 0 N–H and O–H groups in total. The molecule has 0 unspecified atom stereocenters. The van der Waals surface area contributed by atoms with Gasteiger partial charge >= 0.3 is 5.82 Å². The number of halogens is 1. The van der Waals surface area contributed by atoms with Crippen LogP contribution in [0.5, 0.6) is 0 Å². The predicted octanol–water partition coefficient (Wildman–Crippen LogP) is 2.70. The number of nitrogens with zero attached hydrogens (tertiary/aromatic N) is 3. The van der Waals surface area contributed by atoms with E-state index >= 15 is 0 Å². The number of Topliss-reactive ketones (excluding diaryl/α,β-unsaturated/α-hetero) is 1. The van der Waals surface area contributed by atoms with Gasteiger partial charge in [-0.2, -0.15) is 4.68 Å². The molecule has 1 fully saturated rings. The number of carbonyl (C=O) groups is 1.